The monoisotopic (exact) mass is 538 g/mol. The van der Waals surface area contributed by atoms with Gasteiger partial charge in [0.2, 0.25) is 0 Å². The number of rotatable bonds is 11. The van der Waals surface area contributed by atoms with E-state index in [1.54, 1.807) is 17.7 Å². The van der Waals surface area contributed by atoms with Crippen LogP contribution < -0.4 is 4.74 Å². The number of imide groups is 1. The number of carbonyl (C=O) groups is 2. The Labute approximate surface area is 235 Å². The number of aromatic nitrogens is 2. The number of benzene rings is 2. The Bertz CT molecular complexity index is 1460. The predicted octanol–water partition coefficient (Wildman–Crippen LogP) is 5.59. The summed E-state index contributed by atoms with van der Waals surface area (Å²) >= 11 is 0. The summed E-state index contributed by atoms with van der Waals surface area (Å²) in [5, 5.41) is 14.6. The van der Waals surface area contributed by atoms with Gasteiger partial charge in [0, 0.05) is 42.7 Å². The molecule has 4 rings (SSSR count). The molecular formula is C32H34N4O4. The highest BCUT2D eigenvalue weighted by Crippen LogP contribution is 2.32. The number of hydrogen-bond donors (Lipinski definition) is 0. The highest BCUT2D eigenvalue weighted by Gasteiger charge is 2.35. The zero-order chi connectivity index (χ0) is 28.6. The van der Waals surface area contributed by atoms with E-state index < -0.39 is 11.8 Å². The van der Waals surface area contributed by atoms with Crippen molar-refractivity contribution in [3.8, 4) is 28.8 Å². The Morgan fingerprint density at radius 2 is 1.77 bits per heavy atom. The van der Waals surface area contributed by atoms with Crippen LogP contribution in [0.15, 0.2) is 77.5 Å². The minimum Gasteiger partial charge on any atom is -0.493 e. The van der Waals surface area contributed by atoms with Gasteiger partial charge >= 0.3 is 0 Å². The van der Waals surface area contributed by atoms with E-state index in [0.29, 0.717) is 54.6 Å². The normalized spacial score (nSPS) is 14.8. The molecule has 0 aliphatic carbocycles. The van der Waals surface area contributed by atoms with E-state index in [-0.39, 0.29) is 12.1 Å². The molecule has 40 heavy (non-hydrogen) atoms. The van der Waals surface area contributed by atoms with E-state index >= 15 is 0 Å². The molecule has 2 amide bonds. The van der Waals surface area contributed by atoms with Crippen LogP contribution in [0.4, 0.5) is 0 Å². The first kappa shape index (κ1) is 28.5. The molecule has 1 aliphatic heterocycles. The van der Waals surface area contributed by atoms with E-state index in [4.69, 9.17) is 14.6 Å². The van der Waals surface area contributed by atoms with Crippen LogP contribution in [0.1, 0.15) is 39.7 Å². The molecule has 0 saturated heterocycles. The molecule has 1 aromatic heterocycles. The van der Waals surface area contributed by atoms with Gasteiger partial charge in [0.25, 0.3) is 11.8 Å². The van der Waals surface area contributed by atoms with Gasteiger partial charge in [-0.3, -0.25) is 14.5 Å². The average Bonchev–Trinajstić information content (AvgIpc) is 3.38. The fraction of sp³-hybridized carbons (Fsp3) is 0.312. The van der Waals surface area contributed by atoms with Crippen molar-refractivity contribution in [1.82, 2.24) is 14.7 Å². The topological polar surface area (TPSA) is 97.5 Å². The Hall–Kier alpha value is -4.48. The first-order valence-electron chi connectivity index (χ1n) is 13.5. The number of nitrogens with zero attached hydrogens (tertiary/aromatic N) is 4. The highest BCUT2D eigenvalue weighted by molar-refractivity contribution is 6.19. The zero-order valence-corrected chi connectivity index (χ0v) is 23.4. The Morgan fingerprint density at radius 1 is 1.05 bits per heavy atom. The second-order valence-corrected chi connectivity index (χ2v) is 9.92. The predicted molar refractivity (Wildman–Crippen MR) is 153 cm³/mol. The summed E-state index contributed by atoms with van der Waals surface area (Å²) in [6, 6.07) is 19.4. The molecule has 8 heteroatoms. The maximum Gasteiger partial charge on any atom is 0.271 e. The zero-order valence-electron chi connectivity index (χ0n) is 23.4. The first-order chi connectivity index (χ1) is 19.3. The summed E-state index contributed by atoms with van der Waals surface area (Å²) < 4.78 is 13.0. The third kappa shape index (κ3) is 6.38. The Kier molecular flexibility index (Phi) is 9.31. The van der Waals surface area contributed by atoms with Gasteiger partial charge in [-0.25, -0.2) is 4.68 Å². The van der Waals surface area contributed by atoms with Crippen LogP contribution in [0, 0.1) is 17.2 Å². The first-order valence-corrected chi connectivity index (χ1v) is 13.5. The van der Waals surface area contributed by atoms with E-state index in [9.17, 15) is 14.9 Å². The van der Waals surface area contributed by atoms with Crippen molar-refractivity contribution in [3.05, 3.63) is 83.1 Å². The van der Waals surface area contributed by atoms with Crippen molar-refractivity contribution >= 4 is 17.9 Å². The molecular weight excluding hydrogens is 504 g/mol. The number of ether oxygens (including phenoxy) is 2. The van der Waals surface area contributed by atoms with Crippen LogP contribution in [0.5, 0.6) is 5.75 Å². The van der Waals surface area contributed by atoms with Crippen LogP contribution in [-0.2, 0) is 14.3 Å². The lowest BCUT2D eigenvalue weighted by molar-refractivity contribution is -0.140. The molecule has 206 valence electrons. The van der Waals surface area contributed by atoms with E-state index in [0.717, 1.165) is 21.9 Å². The van der Waals surface area contributed by atoms with Crippen molar-refractivity contribution in [2.24, 2.45) is 5.92 Å². The summed E-state index contributed by atoms with van der Waals surface area (Å²) in [7, 11) is 0. The molecule has 0 spiro atoms. The summed E-state index contributed by atoms with van der Waals surface area (Å²) in [5.41, 5.74) is 3.65. The number of hydrogen-bond acceptors (Lipinski definition) is 6. The third-order valence-corrected chi connectivity index (χ3v) is 6.47. The maximum atomic E-state index is 13.6. The Morgan fingerprint density at radius 3 is 2.42 bits per heavy atom. The van der Waals surface area contributed by atoms with Crippen LogP contribution in [0.2, 0.25) is 0 Å². The quantitative estimate of drug-likeness (QED) is 0.179. The standard InChI is InChI=1S/C32H34N4O4/c1-5-39-17-9-16-35-31(37)28(23(4)29(19-33)32(35)38)18-25-20-36(26-10-7-6-8-11-26)34-30(25)24-12-14-27(15-13-24)40-21-22(2)3/h6-8,10-15,18,20,22H,5,9,16-17,21H2,1-4H3/b28-18+. The van der Waals surface area contributed by atoms with Crippen molar-refractivity contribution in [1.29, 1.82) is 5.26 Å². The minimum absolute atomic E-state index is 0.0362. The molecule has 0 radical (unpaired) electrons. The van der Waals surface area contributed by atoms with E-state index in [2.05, 4.69) is 13.8 Å². The molecule has 3 aromatic rings. The minimum atomic E-state index is -0.573. The number of nitriles is 1. The van der Waals surface area contributed by atoms with Gasteiger partial charge in [-0.2, -0.15) is 10.4 Å². The summed E-state index contributed by atoms with van der Waals surface area (Å²) in [6.07, 6.45) is 4.06. The molecule has 0 fully saturated rings. The van der Waals surface area contributed by atoms with Gasteiger partial charge in [-0.1, -0.05) is 32.0 Å². The van der Waals surface area contributed by atoms with Gasteiger partial charge in [0.05, 0.1) is 18.0 Å². The van der Waals surface area contributed by atoms with Crippen molar-refractivity contribution in [2.75, 3.05) is 26.4 Å². The lowest BCUT2D eigenvalue weighted by Crippen LogP contribution is -2.43. The van der Waals surface area contributed by atoms with E-state index in [1.165, 1.54) is 0 Å². The average molecular weight is 539 g/mol. The number of amides is 2. The number of para-hydroxylation sites is 1. The lowest BCUT2D eigenvalue weighted by atomic mass is 9.93. The van der Waals surface area contributed by atoms with Crippen LogP contribution >= 0.6 is 0 Å². The molecule has 0 N–H and O–H groups in total. The summed E-state index contributed by atoms with van der Waals surface area (Å²) in [5.74, 6) is 0.165. The smallest absolute Gasteiger partial charge is 0.271 e. The Balaban J connectivity index is 1.78. The molecule has 0 bridgehead atoms. The summed E-state index contributed by atoms with van der Waals surface area (Å²) in [4.78, 5) is 27.7. The molecule has 0 unspecified atom stereocenters. The van der Waals surface area contributed by atoms with Crippen molar-refractivity contribution in [2.45, 2.75) is 34.1 Å². The van der Waals surface area contributed by atoms with Crippen molar-refractivity contribution < 1.29 is 19.1 Å². The molecule has 0 saturated carbocycles. The maximum absolute atomic E-state index is 13.6. The molecule has 2 heterocycles. The van der Waals surface area contributed by atoms with Gasteiger partial charge in [0.1, 0.15) is 17.4 Å². The van der Waals surface area contributed by atoms with Crippen molar-refractivity contribution in [3.63, 3.8) is 0 Å². The van der Waals surface area contributed by atoms with Gasteiger partial charge in [-0.05, 0) is 74.2 Å². The number of carbonyl (C=O) groups excluding carboxylic acids is 2. The van der Waals surface area contributed by atoms with Crippen LogP contribution in [-0.4, -0.2) is 52.9 Å². The second kappa shape index (κ2) is 13.0. The third-order valence-electron chi connectivity index (χ3n) is 6.47. The fourth-order valence-electron chi connectivity index (χ4n) is 4.36. The molecule has 1 aliphatic rings. The SMILES string of the molecule is CCOCCCN1C(=O)C(C#N)=C(C)/C(=C\c2cn(-c3ccccc3)nc2-c2ccc(OCC(C)C)cc2)C1=O. The van der Waals surface area contributed by atoms with Crippen LogP contribution in [0.25, 0.3) is 23.0 Å². The van der Waals surface area contributed by atoms with Gasteiger partial charge in [0.15, 0.2) is 0 Å². The van der Waals surface area contributed by atoms with Crippen LogP contribution in [0.3, 0.4) is 0 Å². The van der Waals surface area contributed by atoms with E-state index in [1.807, 2.05) is 73.8 Å². The second-order valence-electron chi connectivity index (χ2n) is 9.92. The lowest BCUT2D eigenvalue weighted by Gasteiger charge is -2.27. The van der Waals surface area contributed by atoms with Gasteiger partial charge < -0.3 is 9.47 Å². The largest absolute Gasteiger partial charge is 0.493 e. The molecule has 8 nitrogen and oxygen atoms in total. The van der Waals surface area contributed by atoms with Gasteiger partial charge in [-0.15, -0.1) is 0 Å². The summed E-state index contributed by atoms with van der Waals surface area (Å²) in [6.45, 7) is 9.47. The fourth-order valence-corrected chi connectivity index (χ4v) is 4.36. The highest BCUT2D eigenvalue weighted by atomic mass is 16.5. The molecule has 2 aromatic carbocycles. The molecule has 0 atom stereocenters.